The highest BCUT2D eigenvalue weighted by Crippen LogP contribution is 2.48. The second kappa shape index (κ2) is 11.8. The summed E-state index contributed by atoms with van der Waals surface area (Å²) in [6, 6.07) is 70.4. The van der Waals surface area contributed by atoms with Gasteiger partial charge in [-0.2, -0.15) is 0 Å². The van der Waals surface area contributed by atoms with E-state index in [-0.39, 0.29) is 0 Å². The van der Waals surface area contributed by atoms with Crippen LogP contribution in [0.2, 0.25) is 0 Å². The van der Waals surface area contributed by atoms with E-state index in [0.29, 0.717) is 0 Å². The van der Waals surface area contributed by atoms with Gasteiger partial charge in [0.25, 0.3) is 0 Å². The maximum Gasteiger partial charge on any atom is 0.143 e. The van der Waals surface area contributed by atoms with Crippen LogP contribution in [0.5, 0.6) is 0 Å². The van der Waals surface area contributed by atoms with Crippen LogP contribution in [0.3, 0.4) is 0 Å². The highest BCUT2D eigenvalue weighted by Gasteiger charge is 2.21. The molecule has 0 aliphatic carbocycles. The Morgan fingerprint density at radius 3 is 1.34 bits per heavy atom. The van der Waals surface area contributed by atoms with Gasteiger partial charge in [0.2, 0.25) is 0 Å². The molecule has 10 aromatic carbocycles. The van der Waals surface area contributed by atoms with E-state index in [0.717, 1.165) is 27.5 Å². The highest BCUT2D eigenvalue weighted by atomic mass is 16.3. The maximum absolute atomic E-state index is 6.72. The minimum absolute atomic E-state index is 0.894. The van der Waals surface area contributed by atoms with E-state index in [1.807, 2.05) is 0 Å². The lowest BCUT2D eigenvalue weighted by molar-refractivity contribution is 0.670. The quantitative estimate of drug-likeness (QED) is 0.170. The summed E-state index contributed by atoms with van der Waals surface area (Å²) in [6.45, 7) is 0. The molecular weight excluding hydrogens is 641 g/mol. The molecule has 53 heavy (non-hydrogen) atoms. The van der Waals surface area contributed by atoms with Crippen molar-refractivity contribution in [3.63, 3.8) is 0 Å². The highest BCUT2D eigenvalue weighted by molar-refractivity contribution is 6.23. The van der Waals surface area contributed by atoms with Crippen LogP contribution in [0.25, 0.3) is 110 Å². The smallest absolute Gasteiger partial charge is 0.143 e. The van der Waals surface area contributed by atoms with Gasteiger partial charge in [-0.1, -0.05) is 182 Å². The van der Waals surface area contributed by atoms with Crippen LogP contribution in [0.1, 0.15) is 0 Å². The minimum Gasteiger partial charge on any atom is -0.455 e. The van der Waals surface area contributed by atoms with Crippen molar-refractivity contribution >= 4 is 65.0 Å². The molecule has 1 heteroatoms. The molecule has 0 radical (unpaired) electrons. The van der Waals surface area contributed by atoms with E-state index in [2.05, 4.69) is 194 Å². The Morgan fingerprint density at radius 1 is 0.264 bits per heavy atom. The lowest BCUT2D eigenvalue weighted by Crippen LogP contribution is -1.93. The second-order valence-electron chi connectivity index (χ2n) is 13.9. The number of rotatable bonds is 4. The molecule has 1 aromatic heterocycles. The van der Waals surface area contributed by atoms with Crippen LogP contribution in [0.15, 0.2) is 199 Å². The average Bonchev–Trinajstić information content (AvgIpc) is 3.61. The van der Waals surface area contributed by atoms with Crippen LogP contribution in [-0.2, 0) is 0 Å². The van der Waals surface area contributed by atoms with Crippen molar-refractivity contribution in [2.75, 3.05) is 0 Å². The molecule has 0 N–H and O–H groups in total. The van der Waals surface area contributed by atoms with Crippen molar-refractivity contribution < 1.29 is 4.42 Å². The first-order valence-electron chi connectivity index (χ1n) is 18.3. The van der Waals surface area contributed by atoms with Crippen molar-refractivity contribution in [3.8, 4) is 44.5 Å². The molecule has 0 atom stereocenters. The summed E-state index contributed by atoms with van der Waals surface area (Å²) in [5, 5.41) is 12.2. The van der Waals surface area contributed by atoms with Crippen LogP contribution < -0.4 is 0 Å². The van der Waals surface area contributed by atoms with Crippen molar-refractivity contribution in [1.82, 2.24) is 0 Å². The summed E-state index contributed by atoms with van der Waals surface area (Å²) in [7, 11) is 0. The monoisotopic (exact) mass is 672 g/mol. The number of para-hydroxylation sites is 1. The lowest BCUT2D eigenvalue weighted by atomic mass is 9.83. The van der Waals surface area contributed by atoms with Crippen molar-refractivity contribution in [3.05, 3.63) is 194 Å². The Morgan fingerprint density at radius 2 is 0.698 bits per heavy atom. The first-order valence-corrected chi connectivity index (χ1v) is 18.3. The van der Waals surface area contributed by atoms with E-state index in [1.54, 1.807) is 0 Å². The fourth-order valence-corrected chi connectivity index (χ4v) is 8.75. The lowest BCUT2D eigenvalue weighted by Gasteiger charge is -2.20. The second-order valence-corrected chi connectivity index (χ2v) is 13.9. The molecule has 0 amide bonds. The number of fused-ring (bicyclic) bond motifs is 7. The maximum atomic E-state index is 6.72. The van der Waals surface area contributed by atoms with Crippen LogP contribution >= 0.6 is 0 Å². The molecule has 246 valence electrons. The van der Waals surface area contributed by atoms with E-state index in [4.69, 9.17) is 4.42 Å². The average molecular weight is 673 g/mol. The Kier molecular flexibility index (Phi) is 6.62. The van der Waals surface area contributed by atoms with Gasteiger partial charge in [0, 0.05) is 16.3 Å². The third kappa shape index (κ3) is 4.58. The van der Waals surface area contributed by atoms with Gasteiger partial charge >= 0.3 is 0 Å². The molecule has 0 saturated carbocycles. The van der Waals surface area contributed by atoms with Gasteiger partial charge in [-0.05, 0) is 94.2 Å². The van der Waals surface area contributed by atoms with E-state index in [1.165, 1.54) is 82.0 Å². The number of benzene rings is 10. The van der Waals surface area contributed by atoms with E-state index < -0.39 is 0 Å². The standard InChI is InChI=1S/C52H32O/c1-3-18-36-33(14-1)16-11-26-38(36)40-20-5-6-21-41(40)51-44-24-9-7-22-42(44)50(43-23-8-10-25-45(43)51)35-30-31-49-48(32-35)47-29-13-28-46(52(47)53-49)39-27-12-17-34-15-2-4-19-37(34)39/h1-32H. The summed E-state index contributed by atoms with van der Waals surface area (Å²) in [5.41, 5.74) is 11.5. The van der Waals surface area contributed by atoms with Gasteiger partial charge in [0.05, 0.1) is 0 Å². The molecule has 0 unspecified atom stereocenters. The van der Waals surface area contributed by atoms with Gasteiger partial charge in [0.1, 0.15) is 11.2 Å². The number of hydrogen-bond donors (Lipinski definition) is 0. The van der Waals surface area contributed by atoms with Crippen LogP contribution in [0, 0.1) is 0 Å². The Hall–Kier alpha value is -6.96. The molecular formula is C52H32O. The zero-order chi connectivity index (χ0) is 34.9. The molecule has 0 spiro atoms. The molecule has 11 aromatic rings. The number of hydrogen-bond acceptors (Lipinski definition) is 1. The molecule has 0 aliphatic heterocycles. The van der Waals surface area contributed by atoms with Crippen molar-refractivity contribution in [1.29, 1.82) is 0 Å². The Bertz CT molecular complexity index is 3170. The zero-order valence-corrected chi connectivity index (χ0v) is 28.9. The first-order chi connectivity index (χ1) is 26.3. The normalized spacial score (nSPS) is 11.8. The van der Waals surface area contributed by atoms with Crippen LogP contribution in [0.4, 0.5) is 0 Å². The van der Waals surface area contributed by atoms with E-state index in [9.17, 15) is 0 Å². The van der Waals surface area contributed by atoms with Gasteiger partial charge in [-0.3, -0.25) is 0 Å². The molecule has 1 nitrogen and oxygen atoms in total. The molecule has 11 rings (SSSR count). The van der Waals surface area contributed by atoms with E-state index >= 15 is 0 Å². The zero-order valence-electron chi connectivity index (χ0n) is 28.9. The summed E-state index contributed by atoms with van der Waals surface area (Å²) in [5.74, 6) is 0. The Labute approximate surface area is 307 Å². The fourth-order valence-electron chi connectivity index (χ4n) is 8.75. The summed E-state index contributed by atoms with van der Waals surface area (Å²) in [4.78, 5) is 0. The van der Waals surface area contributed by atoms with Crippen molar-refractivity contribution in [2.45, 2.75) is 0 Å². The van der Waals surface area contributed by atoms with Gasteiger partial charge in [-0.25, -0.2) is 0 Å². The SMILES string of the molecule is c1ccc(-c2c3ccccc3c(-c3ccc4oc5c(-c6cccc7ccccc67)cccc5c4c3)c3ccccc23)c(-c2cccc3ccccc23)c1. The topological polar surface area (TPSA) is 13.1 Å². The largest absolute Gasteiger partial charge is 0.455 e. The van der Waals surface area contributed by atoms with Crippen molar-refractivity contribution in [2.24, 2.45) is 0 Å². The summed E-state index contributed by atoms with van der Waals surface area (Å²) < 4.78 is 6.72. The molecule has 0 aliphatic rings. The van der Waals surface area contributed by atoms with Gasteiger partial charge < -0.3 is 4.42 Å². The molecule has 1 heterocycles. The molecule has 0 saturated heterocycles. The van der Waals surface area contributed by atoms with Gasteiger partial charge in [0.15, 0.2) is 0 Å². The first kappa shape index (κ1) is 29.7. The third-order valence-electron chi connectivity index (χ3n) is 11.1. The molecule has 0 bridgehead atoms. The third-order valence-corrected chi connectivity index (χ3v) is 11.1. The predicted molar refractivity (Wildman–Crippen MR) is 225 cm³/mol. The fraction of sp³-hybridized carbons (Fsp3) is 0. The summed E-state index contributed by atoms with van der Waals surface area (Å²) in [6.07, 6.45) is 0. The minimum atomic E-state index is 0.894. The predicted octanol–water partition coefficient (Wildman–Crippen LogP) is 14.9. The number of furan rings is 1. The van der Waals surface area contributed by atoms with Gasteiger partial charge in [-0.15, -0.1) is 0 Å². The van der Waals surface area contributed by atoms with Crippen LogP contribution in [-0.4, -0.2) is 0 Å². The molecule has 0 fully saturated rings. The Balaban J connectivity index is 1.16. The summed E-state index contributed by atoms with van der Waals surface area (Å²) >= 11 is 0.